The molecule has 3 nitrogen and oxygen atoms in total. The largest absolute Gasteiger partial charge is 0.378 e. The SMILES string of the molecule is Cc1cc(C=Nc2ccc(Br)cc2)c(C)n1-c1ccc(N(C)C)cc1. The van der Waals surface area contributed by atoms with Gasteiger partial charge in [-0.1, -0.05) is 15.9 Å². The van der Waals surface area contributed by atoms with Gasteiger partial charge in [-0.25, -0.2) is 0 Å². The first-order valence-electron chi connectivity index (χ1n) is 8.22. The van der Waals surface area contributed by atoms with Gasteiger partial charge in [-0.05, 0) is 68.4 Å². The van der Waals surface area contributed by atoms with E-state index in [0.29, 0.717) is 0 Å². The Balaban J connectivity index is 1.91. The quantitative estimate of drug-likeness (QED) is 0.520. The smallest absolute Gasteiger partial charge is 0.0630 e. The summed E-state index contributed by atoms with van der Waals surface area (Å²) < 4.78 is 3.33. The van der Waals surface area contributed by atoms with Crippen LogP contribution in [0.1, 0.15) is 17.0 Å². The Kier molecular flexibility index (Phi) is 5.09. The molecule has 0 amide bonds. The van der Waals surface area contributed by atoms with Crippen molar-refractivity contribution < 1.29 is 0 Å². The molecule has 0 saturated carbocycles. The number of halogens is 1. The van der Waals surface area contributed by atoms with E-state index in [1.54, 1.807) is 0 Å². The summed E-state index contributed by atoms with van der Waals surface area (Å²) in [5.74, 6) is 0. The topological polar surface area (TPSA) is 20.5 Å². The fraction of sp³-hybridized carbons (Fsp3) is 0.190. The lowest BCUT2D eigenvalue weighted by Gasteiger charge is -2.14. The normalized spacial score (nSPS) is 11.2. The van der Waals surface area contributed by atoms with Crippen LogP contribution in [0.4, 0.5) is 11.4 Å². The Hall–Kier alpha value is -2.33. The number of rotatable bonds is 4. The minimum atomic E-state index is 0.948. The third-order valence-corrected chi connectivity index (χ3v) is 4.80. The Labute approximate surface area is 157 Å². The van der Waals surface area contributed by atoms with Gasteiger partial charge in [0, 0.05) is 53.1 Å². The predicted octanol–water partition coefficient (Wildman–Crippen LogP) is 5.67. The minimum Gasteiger partial charge on any atom is -0.378 e. The van der Waals surface area contributed by atoms with Crippen LogP contribution in [-0.2, 0) is 0 Å². The van der Waals surface area contributed by atoms with Gasteiger partial charge in [0.1, 0.15) is 0 Å². The van der Waals surface area contributed by atoms with Crippen molar-refractivity contribution in [3.05, 3.63) is 76.0 Å². The first-order chi connectivity index (χ1) is 12.0. The fourth-order valence-corrected chi connectivity index (χ4v) is 3.15. The van der Waals surface area contributed by atoms with Crippen molar-refractivity contribution in [1.29, 1.82) is 0 Å². The van der Waals surface area contributed by atoms with Crippen molar-refractivity contribution in [1.82, 2.24) is 4.57 Å². The molecule has 0 spiro atoms. The summed E-state index contributed by atoms with van der Waals surface area (Å²) in [6, 6.07) is 18.8. The van der Waals surface area contributed by atoms with Crippen molar-refractivity contribution in [2.45, 2.75) is 13.8 Å². The number of hydrogen-bond donors (Lipinski definition) is 0. The van der Waals surface area contributed by atoms with Gasteiger partial charge < -0.3 is 9.47 Å². The maximum absolute atomic E-state index is 4.60. The molecule has 0 atom stereocenters. The summed E-state index contributed by atoms with van der Waals surface area (Å²) in [4.78, 5) is 6.70. The van der Waals surface area contributed by atoms with E-state index in [1.807, 2.05) is 30.5 Å². The van der Waals surface area contributed by atoms with E-state index < -0.39 is 0 Å². The van der Waals surface area contributed by atoms with Crippen LogP contribution in [0.5, 0.6) is 0 Å². The lowest BCUT2D eigenvalue weighted by Crippen LogP contribution is -2.08. The number of aliphatic imine (C=N–C) groups is 1. The third kappa shape index (κ3) is 3.85. The average Bonchev–Trinajstić information content (AvgIpc) is 2.88. The van der Waals surface area contributed by atoms with Gasteiger partial charge in [0.25, 0.3) is 0 Å². The first kappa shape index (κ1) is 17.5. The van der Waals surface area contributed by atoms with E-state index in [4.69, 9.17) is 0 Å². The molecule has 0 fully saturated rings. The summed E-state index contributed by atoms with van der Waals surface area (Å²) in [5.41, 5.74) is 6.84. The fourth-order valence-electron chi connectivity index (χ4n) is 2.89. The number of anilines is 1. The third-order valence-electron chi connectivity index (χ3n) is 4.27. The molecule has 0 N–H and O–H groups in total. The second-order valence-electron chi connectivity index (χ2n) is 6.31. The van der Waals surface area contributed by atoms with Crippen LogP contribution in [0, 0.1) is 13.8 Å². The standard InChI is InChI=1S/C21H22BrN3/c1-15-13-17(14-23-19-7-5-18(22)6-8-19)16(2)25(15)21-11-9-20(10-12-21)24(3)4/h5-14H,1-4H3. The molecule has 0 aliphatic rings. The van der Waals surface area contributed by atoms with Gasteiger partial charge >= 0.3 is 0 Å². The molecular formula is C21H22BrN3. The van der Waals surface area contributed by atoms with E-state index in [2.05, 4.69) is 88.7 Å². The highest BCUT2D eigenvalue weighted by atomic mass is 79.9. The van der Waals surface area contributed by atoms with Crippen molar-refractivity contribution in [2.24, 2.45) is 4.99 Å². The Morgan fingerprint density at radius 2 is 1.60 bits per heavy atom. The molecule has 2 aromatic carbocycles. The van der Waals surface area contributed by atoms with Crippen molar-refractivity contribution in [2.75, 3.05) is 19.0 Å². The van der Waals surface area contributed by atoms with Crippen LogP contribution < -0.4 is 4.90 Å². The maximum Gasteiger partial charge on any atom is 0.0630 e. The minimum absolute atomic E-state index is 0.948. The number of benzene rings is 2. The van der Waals surface area contributed by atoms with E-state index in [0.717, 1.165) is 15.7 Å². The zero-order valence-corrected chi connectivity index (χ0v) is 16.6. The van der Waals surface area contributed by atoms with E-state index in [-0.39, 0.29) is 0 Å². The monoisotopic (exact) mass is 395 g/mol. The lowest BCUT2D eigenvalue weighted by atomic mass is 10.2. The second-order valence-corrected chi connectivity index (χ2v) is 7.22. The van der Waals surface area contributed by atoms with E-state index in [1.165, 1.54) is 22.8 Å². The van der Waals surface area contributed by atoms with Crippen molar-refractivity contribution in [3.63, 3.8) is 0 Å². The van der Waals surface area contributed by atoms with Crippen LogP contribution in [0.15, 0.2) is 64.1 Å². The molecule has 128 valence electrons. The van der Waals surface area contributed by atoms with Crippen LogP contribution in [0.2, 0.25) is 0 Å². The number of aromatic nitrogens is 1. The van der Waals surface area contributed by atoms with E-state index in [9.17, 15) is 0 Å². The Morgan fingerprint density at radius 1 is 0.960 bits per heavy atom. The Bertz CT molecular complexity index is 888. The molecular weight excluding hydrogens is 374 g/mol. The molecule has 0 aliphatic heterocycles. The highest BCUT2D eigenvalue weighted by molar-refractivity contribution is 9.10. The van der Waals surface area contributed by atoms with Crippen LogP contribution in [0.25, 0.3) is 5.69 Å². The zero-order chi connectivity index (χ0) is 18.0. The van der Waals surface area contributed by atoms with Crippen LogP contribution in [0.3, 0.4) is 0 Å². The van der Waals surface area contributed by atoms with E-state index >= 15 is 0 Å². The highest BCUT2D eigenvalue weighted by Gasteiger charge is 2.09. The van der Waals surface area contributed by atoms with Crippen LogP contribution >= 0.6 is 15.9 Å². The molecule has 0 bridgehead atoms. The average molecular weight is 396 g/mol. The van der Waals surface area contributed by atoms with Crippen LogP contribution in [-0.4, -0.2) is 24.9 Å². The predicted molar refractivity (Wildman–Crippen MR) is 111 cm³/mol. The molecule has 0 saturated heterocycles. The molecule has 1 aromatic heterocycles. The van der Waals surface area contributed by atoms with Gasteiger partial charge in [0.15, 0.2) is 0 Å². The molecule has 1 heterocycles. The van der Waals surface area contributed by atoms with Crippen molar-refractivity contribution in [3.8, 4) is 5.69 Å². The highest BCUT2D eigenvalue weighted by Crippen LogP contribution is 2.23. The second kappa shape index (κ2) is 7.28. The summed E-state index contributed by atoms with van der Waals surface area (Å²) in [7, 11) is 4.11. The molecule has 3 rings (SSSR count). The maximum atomic E-state index is 4.60. The lowest BCUT2D eigenvalue weighted by molar-refractivity contribution is 0.963. The summed E-state index contributed by atoms with van der Waals surface area (Å²) in [6.07, 6.45) is 1.94. The van der Waals surface area contributed by atoms with Gasteiger partial charge in [-0.15, -0.1) is 0 Å². The molecule has 3 aromatic rings. The van der Waals surface area contributed by atoms with Gasteiger partial charge in [0.05, 0.1) is 5.69 Å². The molecule has 0 radical (unpaired) electrons. The summed E-state index contributed by atoms with van der Waals surface area (Å²) >= 11 is 3.45. The summed E-state index contributed by atoms with van der Waals surface area (Å²) in [6.45, 7) is 4.26. The molecule has 0 unspecified atom stereocenters. The molecule has 0 aliphatic carbocycles. The zero-order valence-electron chi connectivity index (χ0n) is 15.0. The Morgan fingerprint density at radius 3 is 2.20 bits per heavy atom. The first-order valence-corrected chi connectivity index (χ1v) is 9.01. The van der Waals surface area contributed by atoms with Gasteiger partial charge in [-0.3, -0.25) is 4.99 Å². The van der Waals surface area contributed by atoms with Crippen molar-refractivity contribution >= 4 is 33.5 Å². The number of nitrogens with zero attached hydrogens (tertiary/aromatic N) is 3. The molecule has 4 heteroatoms. The van der Waals surface area contributed by atoms with Gasteiger partial charge in [0.2, 0.25) is 0 Å². The summed E-state index contributed by atoms with van der Waals surface area (Å²) in [5, 5.41) is 0. The molecule has 25 heavy (non-hydrogen) atoms. The van der Waals surface area contributed by atoms with Gasteiger partial charge in [-0.2, -0.15) is 0 Å². The number of hydrogen-bond acceptors (Lipinski definition) is 2. The number of aryl methyl sites for hydroxylation is 1.